The van der Waals surface area contributed by atoms with Crippen LogP contribution in [0.1, 0.15) is 39.0 Å². The monoisotopic (exact) mass is 230 g/mol. The van der Waals surface area contributed by atoms with Crippen LogP contribution >= 0.6 is 0 Å². The molecule has 0 radical (unpaired) electrons. The first-order valence-electron chi connectivity index (χ1n) is 6.18. The van der Waals surface area contributed by atoms with Crippen LogP contribution in [0.2, 0.25) is 0 Å². The van der Waals surface area contributed by atoms with E-state index in [0.29, 0.717) is 19.8 Å². The molecule has 0 spiro atoms. The van der Waals surface area contributed by atoms with Crippen molar-refractivity contribution in [1.29, 1.82) is 0 Å². The molecular weight excluding hydrogens is 208 g/mol. The number of hydrogen-bond acceptors (Lipinski definition) is 3. The lowest BCUT2D eigenvalue weighted by Gasteiger charge is -2.21. The first kappa shape index (κ1) is 13.5. The lowest BCUT2D eigenvalue weighted by Crippen LogP contribution is -2.30. The van der Waals surface area contributed by atoms with Gasteiger partial charge in [-0.3, -0.25) is 4.79 Å². The van der Waals surface area contributed by atoms with Crippen molar-refractivity contribution in [1.82, 2.24) is 0 Å². The highest BCUT2D eigenvalue weighted by Crippen LogP contribution is 2.26. The molecule has 1 aliphatic carbocycles. The summed E-state index contributed by atoms with van der Waals surface area (Å²) < 4.78 is 10.8. The second-order valence-electron chi connectivity index (χ2n) is 4.19. The van der Waals surface area contributed by atoms with Crippen molar-refractivity contribution in [2.45, 2.75) is 45.1 Å². The van der Waals surface area contributed by atoms with Crippen molar-refractivity contribution in [2.24, 2.45) is 5.92 Å². The summed E-state index contributed by atoms with van der Waals surface area (Å²) in [4.78, 5) is 11.1. The Morgan fingerprint density at radius 1 is 1.25 bits per heavy atom. The van der Waals surface area contributed by atoms with Crippen LogP contribution in [0, 0.1) is 5.92 Å². The van der Waals surface area contributed by atoms with Crippen LogP contribution in [0.3, 0.4) is 0 Å². The fourth-order valence-electron chi connectivity index (χ4n) is 2.16. The third-order valence-electron chi connectivity index (χ3n) is 3.03. The molecule has 0 aromatic carbocycles. The van der Waals surface area contributed by atoms with Crippen LogP contribution in [0.4, 0.5) is 0 Å². The number of carboxylic acids is 1. The van der Waals surface area contributed by atoms with Crippen molar-refractivity contribution in [3.63, 3.8) is 0 Å². The number of carboxylic acid groups (broad SMARTS) is 1. The Morgan fingerprint density at radius 3 is 2.69 bits per heavy atom. The van der Waals surface area contributed by atoms with Gasteiger partial charge < -0.3 is 14.6 Å². The van der Waals surface area contributed by atoms with E-state index in [0.717, 1.165) is 32.1 Å². The van der Waals surface area contributed by atoms with Gasteiger partial charge in [0, 0.05) is 6.61 Å². The average Bonchev–Trinajstić information content (AvgIpc) is 2.49. The van der Waals surface area contributed by atoms with Crippen molar-refractivity contribution < 1.29 is 19.4 Å². The molecule has 2 atom stereocenters. The second kappa shape index (κ2) is 7.63. The fourth-order valence-corrected chi connectivity index (χ4v) is 2.16. The topological polar surface area (TPSA) is 55.8 Å². The van der Waals surface area contributed by atoms with Crippen LogP contribution in [0.5, 0.6) is 0 Å². The zero-order valence-electron chi connectivity index (χ0n) is 9.98. The van der Waals surface area contributed by atoms with E-state index in [-0.39, 0.29) is 12.0 Å². The summed E-state index contributed by atoms with van der Waals surface area (Å²) in [5.74, 6) is -1.05. The number of aliphatic carboxylic acids is 1. The Bertz CT molecular complexity index is 205. The van der Waals surface area contributed by atoms with Crippen LogP contribution in [0.15, 0.2) is 0 Å². The molecule has 0 saturated heterocycles. The van der Waals surface area contributed by atoms with Crippen molar-refractivity contribution in [2.75, 3.05) is 19.8 Å². The first-order valence-corrected chi connectivity index (χ1v) is 6.18. The average molecular weight is 230 g/mol. The van der Waals surface area contributed by atoms with Gasteiger partial charge in [0.05, 0.1) is 25.2 Å². The molecule has 1 aliphatic rings. The van der Waals surface area contributed by atoms with E-state index < -0.39 is 5.97 Å². The highest BCUT2D eigenvalue weighted by atomic mass is 16.5. The fraction of sp³-hybridized carbons (Fsp3) is 0.917. The summed E-state index contributed by atoms with van der Waals surface area (Å²) in [6.07, 6.45) is 4.68. The SMILES string of the molecule is CCOCCOC1CCCCCC1C(=O)O. The lowest BCUT2D eigenvalue weighted by atomic mass is 9.97. The third-order valence-corrected chi connectivity index (χ3v) is 3.03. The maximum atomic E-state index is 11.1. The minimum atomic E-state index is -0.719. The molecule has 0 heterocycles. The summed E-state index contributed by atoms with van der Waals surface area (Å²) in [5.41, 5.74) is 0. The van der Waals surface area contributed by atoms with Gasteiger partial charge in [-0.2, -0.15) is 0 Å². The molecular formula is C12H22O4. The maximum absolute atomic E-state index is 11.1. The molecule has 0 aromatic heterocycles. The quantitative estimate of drug-likeness (QED) is 0.560. The molecule has 1 rings (SSSR count). The van der Waals surface area contributed by atoms with Crippen LogP contribution in [-0.2, 0) is 14.3 Å². The number of hydrogen-bond donors (Lipinski definition) is 1. The van der Waals surface area contributed by atoms with E-state index in [9.17, 15) is 4.79 Å². The molecule has 1 fully saturated rings. The standard InChI is InChI=1S/C12H22O4/c1-2-15-8-9-16-11-7-5-3-4-6-10(11)12(13)14/h10-11H,2-9H2,1H3,(H,13,14). The number of carbonyl (C=O) groups is 1. The van der Waals surface area contributed by atoms with Gasteiger partial charge in [-0.1, -0.05) is 19.3 Å². The van der Waals surface area contributed by atoms with Crippen molar-refractivity contribution in [3.8, 4) is 0 Å². The van der Waals surface area contributed by atoms with E-state index >= 15 is 0 Å². The zero-order valence-corrected chi connectivity index (χ0v) is 9.98. The molecule has 0 amide bonds. The lowest BCUT2D eigenvalue weighted by molar-refractivity contribution is -0.148. The molecule has 0 aliphatic heterocycles. The highest BCUT2D eigenvalue weighted by molar-refractivity contribution is 5.70. The van der Waals surface area contributed by atoms with E-state index in [2.05, 4.69) is 0 Å². The highest BCUT2D eigenvalue weighted by Gasteiger charge is 2.29. The number of ether oxygens (including phenoxy) is 2. The van der Waals surface area contributed by atoms with Gasteiger partial charge in [0.2, 0.25) is 0 Å². The summed E-state index contributed by atoms with van der Waals surface area (Å²) in [7, 11) is 0. The molecule has 94 valence electrons. The summed E-state index contributed by atoms with van der Waals surface area (Å²) in [6, 6.07) is 0. The van der Waals surface area contributed by atoms with Gasteiger partial charge in [0.1, 0.15) is 0 Å². The van der Waals surface area contributed by atoms with Gasteiger partial charge in [-0.05, 0) is 19.8 Å². The Kier molecular flexibility index (Phi) is 6.42. The van der Waals surface area contributed by atoms with Gasteiger partial charge in [-0.15, -0.1) is 0 Å². The van der Waals surface area contributed by atoms with Crippen molar-refractivity contribution >= 4 is 5.97 Å². The Hall–Kier alpha value is -0.610. The van der Waals surface area contributed by atoms with E-state index in [1.807, 2.05) is 6.92 Å². The third kappa shape index (κ3) is 4.49. The van der Waals surface area contributed by atoms with Gasteiger partial charge >= 0.3 is 5.97 Å². The Morgan fingerprint density at radius 2 is 2.00 bits per heavy atom. The summed E-state index contributed by atoms with van der Waals surface area (Å²) in [5, 5.41) is 9.13. The predicted molar refractivity (Wildman–Crippen MR) is 60.4 cm³/mol. The van der Waals surface area contributed by atoms with E-state index in [1.165, 1.54) is 0 Å². The molecule has 2 unspecified atom stereocenters. The van der Waals surface area contributed by atoms with Crippen LogP contribution < -0.4 is 0 Å². The molecule has 4 nitrogen and oxygen atoms in total. The van der Waals surface area contributed by atoms with Crippen LogP contribution in [-0.4, -0.2) is 37.0 Å². The minimum absolute atomic E-state index is 0.125. The zero-order chi connectivity index (χ0) is 11.8. The van der Waals surface area contributed by atoms with E-state index in [1.54, 1.807) is 0 Å². The molecule has 1 N–H and O–H groups in total. The second-order valence-corrected chi connectivity index (χ2v) is 4.19. The predicted octanol–water partition coefficient (Wildman–Crippen LogP) is 2.07. The molecule has 0 bridgehead atoms. The van der Waals surface area contributed by atoms with E-state index in [4.69, 9.17) is 14.6 Å². The molecule has 16 heavy (non-hydrogen) atoms. The largest absolute Gasteiger partial charge is 0.481 e. The van der Waals surface area contributed by atoms with Gasteiger partial charge in [0.15, 0.2) is 0 Å². The minimum Gasteiger partial charge on any atom is -0.481 e. The van der Waals surface area contributed by atoms with Gasteiger partial charge in [0.25, 0.3) is 0 Å². The molecule has 0 aromatic rings. The van der Waals surface area contributed by atoms with Gasteiger partial charge in [-0.25, -0.2) is 0 Å². The Labute approximate surface area is 96.9 Å². The maximum Gasteiger partial charge on any atom is 0.309 e. The molecule has 1 saturated carbocycles. The molecule has 4 heteroatoms. The summed E-state index contributed by atoms with van der Waals surface area (Å²) in [6.45, 7) is 3.67. The van der Waals surface area contributed by atoms with Crippen molar-refractivity contribution in [3.05, 3.63) is 0 Å². The smallest absolute Gasteiger partial charge is 0.309 e. The first-order chi connectivity index (χ1) is 7.75. The summed E-state index contributed by atoms with van der Waals surface area (Å²) >= 11 is 0. The van der Waals surface area contributed by atoms with Crippen LogP contribution in [0.25, 0.3) is 0 Å². The number of rotatable bonds is 6. The Balaban J connectivity index is 2.35. The normalized spacial score (nSPS) is 26.3.